The van der Waals surface area contributed by atoms with Crippen molar-refractivity contribution in [2.24, 2.45) is 0 Å². The molecule has 0 aliphatic heterocycles. The Morgan fingerprint density at radius 1 is 1.21 bits per heavy atom. The Hall–Kier alpha value is -0.810. The normalized spacial score (nSPS) is 9.86. The highest BCUT2D eigenvalue weighted by atomic mass is 32.2. The molecule has 0 atom stereocenters. The monoisotopic (exact) mass is 227 g/mol. The first-order chi connectivity index (χ1) is 6.70. The summed E-state index contributed by atoms with van der Waals surface area (Å²) in [5, 5.41) is -0.307. The zero-order valence-electron chi connectivity index (χ0n) is 7.81. The van der Waals surface area contributed by atoms with Gasteiger partial charge in [0.05, 0.1) is 5.56 Å². The van der Waals surface area contributed by atoms with E-state index >= 15 is 0 Å². The van der Waals surface area contributed by atoms with Gasteiger partial charge in [-0.3, -0.25) is 14.6 Å². The molecule has 1 aromatic rings. The van der Waals surface area contributed by atoms with Crippen LogP contribution < -0.4 is 0 Å². The highest BCUT2D eigenvalue weighted by Gasteiger charge is 2.16. The van der Waals surface area contributed by atoms with Crippen LogP contribution in [0.5, 0.6) is 0 Å². The van der Waals surface area contributed by atoms with Gasteiger partial charge in [0.2, 0.25) is 10.2 Å². The lowest BCUT2D eigenvalue weighted by Gasteiger charge is -2.02. The number of thioether (sulfide) groups is 2. The molecule has 1 heterocycles. The fourth-order valence-electron chi connectivity index (χ4n) is 0.939. The summed E-state index contributed by atoms with van der Waals surface area (Å²) < 4.78 is 0. The van der Waals surface area contributed by atoms with Crippen LogP contribution in [-0.4, -0.2) is 27.7 Å². The van der Waals surface area contributed by atoms with E-state index in [-0.39, 0.29) is 15.9 Å². The van der Waals surface area contributed by atoms with E-state index in [0.717, 1.165) is 23.5 Å². The Kier molecular flexibility index (Phi) is 4.16. The first kappa shape index (κ1) is 11.3. The molecular formula is C9H9NO2S2. The fourth-order valence-corrected chi connectivity index (χ4v) is 1.68. The second kappa shape index (κ2) is 5.17. The Bertz CT molecular complexity index is 331. The number of hydrogen-bond donors (Lipinski definition) is 0. The maximum absolute atomic E-state index is 11.4. The van der Waals surface area contributed by atoms with E-state index in [4.69, 9.17) is 0 Å². The van der Waals surface area contributed by atoms with E-state index in [9.17, 15) is 9.59 Å². The topological polar surface area (TPSA) is 47.0 Å². The highest BCUT2D eigenvalue weighted by molar-refractivity contribution is 8.14. The van der Waals surface area contributed by atoms with E-state index in [1.165, 1.54) is 6.20 Å². The van der Waals surface area contributed by atoms with Gasteiger partial charge in [-0.1, -0.05) is 23.5 Å². The van der Waals surface area contributed by atoms with Crippen molar-refractivity contribution in [3.63, 3.8) is 0 Å². The molecule has 0 radical (unpaired) electrons. The molecule has 0 bridgehead atoms. The van der Waals surface area contributed by atoms with Crippen molar-refractivity contribution in [2.45, 2.75) is 0 Å². The average Bonchev–Trinajstić information content (AvgIpc) is 2.27. The van der Waals surface area contributed by atoms with E-state index in [1.54, 1.807) is 24.6 Å². The van der Waals surface area contributed by atoms with Crippen LogP contribution in [0.3, 0.4) is 0 Å². The van der Waals surface area contributed by atoms with Gasteiger partial charge < -0.3 is 0 Å². The molecule has 0 fully saturated rings. The van der Waals surface area contributed by atoms with Crippen LogP contribution in [0.15, 0.2) is 18.3 Å². The van der Waals surface area contributed by atoms with Crippen molar-refractivity contribution in [1.29, 1.82) is 0 Å². The van der Waals surface area contributed by atoms with Crippen LogP contribution in [0.2, 0.25) is 0 Å². The molecule has 0 saturated carbocycles. The third-order valence-corrected chi connectivity index (χ3v) is 2.75. The van der Waals surface area contributed by atoms with Crippen molar-refractivity contribution in [2.75, 3.05) is 12.5 Å². The van der Waals surface area contributed by atoms with Gasteiger partial charge in [0.15, 0.2) is 0 Å². The molecule has 0 unspecified atom stereocenters. The molecule has 5 heteroatoms. The van der Waals surface area contributed by atoms with Gasteiger partial charge in [-0.2, -0.15) is 0 Å². The highest BCUT2D eigenvalue weighted by Crippen LogP contribution is 2.16. The van der Waals surface area contributed by atoms with E-state index in [2.05, 4.69) is 4.98 Å². The minimum absolute atomic E-state index is 0.129. The van der Waals surface area contributed by atoms with Crippen LogP contribution >= 0.6 is 23.5 Å². The molecule has 0 aromatic carbocycles. The molecule has 1 rings (SSSR count). The van der Waals surface area contributed by atoms with Crippen LogP contribution in [0, 0.1) is 0 Å². The zero-order chi connectivity index (χ0) is 10.6. The van der Waals surface area contributed by atoms with Crippen molar-refractivity contribution in [1.82, 2.24) is 4.98 Å². The van der Waals surface area contributed by atoms with Crippen LogP contribution in [0.1, 0.15) is 20.8 Å². The molecule has 0 N–H and O–H groups in total. The second-order valence-electron chi connectivity index (χ2n) is 2.38. The number of hydrogen-bond acceptors (Lipinski definition) is 5. The number of carbonyl (C=O) groups is 2. The molecule has 0 saturated heterocycles. The minimum Gasteiger partial charge on any atom is -0.281 e. The summed E-state index contributed by atoms with van der Waals surface area (Å²) in [6.07, 6.45) is 4.87. The van der Waals surface area contributed by atoms with Crippen LogP contribution in [0.4, 0.5) is 0 Å². The van der Waals surface area contributed by atoms with Crippen LogP contribution in [0.25, 0.3) is 0 Å². The molecule has 74 valence electrons. The van der Waals surface area contributed by atoms with Gasteiger partial charge in [0.25, 0.3) is 0 Å². The number of carbonyl (C=O) groups excluding carboxylic acids is 2. The van der Waals surface area contributed by atoms with Crippen molar-refractivity contribution in [3.8, 4) is 0 Å². The molecule has 0 aliphatic rings. The summed E-state index contributed by atoms with van der Waals surface area (Å²) >= 11 is 2.14. The Morgan fingerprint density at radius 2 is 1.86 bits per heavy atom. The number of pyridine rings is 1. The van der Waals surface area contributed by atoms with Crippen LogP contribution in [-0.2, 0) is 0 Å². The third-order valence-electron chi connectivity index (χ3n) is 1.59. The van der Waals surface area contributed by atoms with E-state index < -0.39 is 0 Å². The van der Waals surface area contributed by atoms with E-state index in [0.29, 0.717) is 5.56 Å². The molecule has 3 nitrogen and oxygen atoms in total. The van der Waals surface area contributed by atoms with Gasteiger partial charge in [0, 0.05) is 6.20 Å². The standard InChI is InChI=1S/C9H9NO2S2/c1-13-8(11)6-4-3-5-10-7(6)9(12)14-2/h3-5H,1-2H3. The summed E-state index contributed by atoms with van der Waals surface area (Å²) in [4.78, 5) is 26.7. The summed E-state index contributed by atoms with van der Waals surface area (Å²) in [6, 6.07) is 3.27. The number of aromatic nitrogens is 1. The average molecular weight is 227 g/mol. The Balaban J connectivity index is 3.15. The maximum atomic E-state index is 11.4. The van der Waals surface area contributed by atoms with Crippen molar-refractivity contribution in [3.05, 3.63) is 29.6 Å². The molecule has 1 aromatic heterocycles. The lowest BCUT2D eigenvalue weighted by Crippen LogP contribution is -2.06. The summed E-state index contributed by atoms with van der Waals surface area (Å²) in [7, 11) is 0. The first-order valence-corrected chi connectivity index (χ1v) is 6.27. The van der Waals surface area contributed by atoms with Crippen molar-refractivity contribution < 1.29 is 9.59 Å². The fraction of sp³-hybridized carbons (Fsp3) is 0.222. The van der Waals surface area contributed by atoms with Gasteiger partial charge in [-0.25, -0.2) is 0 Å². The van der Waals surface area contributed by atoms with Gasteiger partial charge in [0.1, 0.15) is 5.69 Å². The summed E-state index contributed by atoms with van der Waals surface area (Å²) in [5.41, 5.74) is 0.638. The molecule has 0 aliphatic carbocycles. The third kappa shape index (κ3) is 2.36. The van der Waals surface area contributed by atoms with E-state index in [1.807, 2.05) is 0 Å². The Labute approximate surface area is 90.7 Å². The molecule has 14 heavy (non-hydrogen) atoms. The summed E-state index contributed by atoms with van der Waals surface area (Å²) in [6.45, 7) is 0. The molecular weight excluding hydrogens is 218 g/mol. The van der Waals surface area contributed by atoms with Gasteiger partial charge >= 0.3 is 0 Å². The number of rotatable bonds is 2. The lowest BCUT2D eigenvalue weighted by atomic mass is 10.2. The van der Waals surface area contributed by atoms with Crippen molar-refractivity contribution >= 4 is 33.8 Å². The van der Waals surface area contributed by atoms with Gasteiger partial charge in [-0.05, 0) is 24.6 Å². The lowest BCUT2D eigenvalue weighted by molar-refractivity contribution is 0.105. The predicted octanol–water partition coefficient (Wildman–Crippen LogP) is 2.09. The first-order valence-electron chi connectivity index (χ1n) is 3.82. The smallest absolute Gasteiger partial charge is 0.238 e. The minimum atomic E-state index is -0.178. The second-order valence-corrected chi connectivity index (χ2v) is 3.94. The zero-order valence-corrected chi connectivity index (χ0v) is 9.45. The molecule has 0 spiro atoms. The largest absolute Gasteiger partial charge is 0.281 e. The van der Waals surface area contributed by atoms with Gasteiger partial charge in [-0.15, -0.1) is 0 Å². The Morgan fingerprint density at radius 3 is 2.43 bits per heavy atom. The number of nitrogens with zero attached hydrogens (tertiary/aromatic N) is 1. The molecule has 0 amide bonds. The SMILES string of the molecule is CSC(=O)c1cccnc1C(=O)SC. The predicted molar refractivity (Wildman–Crippen MR) is 59.9 cm³/mol. The quantitative estimate of drug-likeness (QED) is 0.774. The maximum Gasteiger partial charge on any atom is 0.238 e. The summed E-state index contributed by atoms with van der Waals surface area (Å²) in [5.74, 6) is 0.